The molecule has 17 heteroatoms. The molecule has 1 aliphatic carbocycles. The number of likely N-dealkylation sites (N-methyl/N-ethyl adjacent to an activating group) is 1. The van der Waals surface area contributed by atoms with Crippen LogP contribution >= 0.6 is 0 Å². The summed E-state index contributed by atoms with van der Waals surface area (Å²) in [5, 5.41) is 37.4. The fraction of sp³-hybridized carbons (Fsp3) is 0.567. The average Bonchev–Trinajstić information content (AvgIpc) is 3.01. The number of carbonyl (C=O) groups is 2. The molecule has 47 heavy (non-hydrogen) atoms. The van der Waals surface area contributed by atoms with Crippen molar-refractivity contribution in [1.82, 2.24) is 15.2 Å². The van der Waals surface area contributed by atoms with Gasteiger partial charge in [-0.25, -0.2) is 4.79 Å². The molecule has 1 aromatic carbocycles. The summed E-state index contributed by atoms with van der Waals surface area (Å²) in [5.74, 6) is -3.89. The van der Waals surface area contributed by atoms with Crippen molar-refractivity contribution in [3.63, 3.8) is 0 Å². The molecule has 3 aliphatic rings. The van der Waals surface area contributed by atoms with Crippen molar-refractivity contribution < 1.29 is 61.0 Å². The van der Waals surface area contributed by atoms with E-state index in [0.29, 0.717) is 6.42 Å². The molecule has 5 N–H and O–H groups in total. The van der Waals surface area contributed by atoms with E-state index in [1.165, 1.54) is 19.2 Å². The second kappa shape index (κ2) is 14.0. The topological polar surface area (TPSA) is 224 Å². The molecule has 2 amide bonds. The second-order valence-corrected chi connectivity index (χ2v) is 13.0. The van der Waals surface area contributed by atoms with Crippen molar-refractivity contribution in [1.29, 1.82) is 0 Å². The van der Waals surface area contributed by atoms with E-state index in [-0.39, 0.29) is 30.9 Å². The lowest BCUT2D eigenvalue weighted by molar-refractivity contribution is -0.452. The Kier molecular flexibility index (Phi) is 10.4. The van der Waals surface area contributed by atoms with E-state index in [1.54, 1.807) is 38.1 Å². The molecule has 10 atom stereocenters. The number of pyridine rings is 1. The van der Waals surface area contributed by atoms with Crippen LogP contribution in [-0.4, -0.2) is 112 Å². The van der Waals surface area contributed by atoms with Crippen LogP contribution in [0.3, 0.4) is 0 Å². The number of amides is 2. The minimum Gasteiger partial charge on any atom is -0.445 e. The van der Waals surface area contributed by atoms with Crippen LogP contribution in [0.4, 0.5) is 4.79 Å². The van der Waals surface area contributed by atoms with Gasteiger partial charge in [0.15, 0.2) is 5.75 Å². The Hall–Kier alpha value is -3.42. The van der Waals surface area contributed by atoms with Gasteiger partial charge in [-0.05, 0) is 37.5 Å². The normalized spacial score (nSPS) is 33.6. The SMILES string of the molecule is CC[C@H]1[C@H](O)[C@H]2O[C@@H]3O[C@H](C)C[C@@H](NC(=O)Cc4ccc(OS(=O)(=O)O)cn4)[C@]3(O)O[C@@H]2[C@@H](N(C)C(=O)OCc2ccccc2)[C@H]1O. The number of aliphatic hydroxyl groups excluding tert-OH is 2. The molecule has 2 aromatic rings. The summed E-state index contributed by atoms with van der Waals surface area (Å²) in [4.78, 5) is 31.5. The van der Waals surface area contributed by atoms with Crippen molar-refractivity contribution in [3.05, 3.63) is 59.9 Å². The van der Waals surface area contributed by atoms with Gasteiger partial charge in [0, 0.05) is 18.7 Å². The molecule has 0 spiro atoms. The first kappa shape index (κ1) is 34.9. The summed E-state index contributed by atoms with van der Waals surface area (Å²) in [6, 6.07) is 9.29. The summed E-state index contributed by atoms with van der Waals surface area (Å²) >= 11 is 0. The lowest BCUT2D eigenvalue weighted by atomic mass is 9.74. The van der Waals surface area contributed by atoms with Crippen LogP contribution in [0, 0.1) is 5.92 Å². The van der Waals surface area contributed by atoms with Crippen LogP contribution < -0.4 is 9.50 Å². The van der Waals surface area contributed by atoms with Gasteiger partial charge in [-0.1, -0.05) is 37.3 Å². The maximum Gasteiger partial charge on any atom is 0.446 e. The standard InChI is InChI=1S/C30H39N3O13S/c1-4-20-24(35)23(33(3)29(37)42-15-17-8-6-5-7-9-17)26-27(25(20)36)44-28-30(38,45-26)21(12-16(2)43-28)32-22(34)13-18-10-11-19(14-31-18)46-47(39,40)41/h5-11,14,16,20-21,23-28,35-36,38H,4,12-13,15H2,1-3H3,(H,32,34)(H,39,40,41)/t16-,20-,21-,23+,24+,25+,26-,27-,28+,30+/m1/s1. The molecular weight excluding hydrogens is 642 g/mol. The summed E-state index contributed by atoms with van der Waals surface area (Å²) < 4.78 is 58.8. The molecule has 258 valence electrons. The Balaban J connectivity index is 1.34. The van der Waals surface area contributed by atoms with E-state index in [9.17, 15) is 33.3 Å². The van der Waals surface area contributed by atoms with Crippen LogP contribution in [0.1, 0.15) is 37.9 Å². The first-order chi connectivity index (χ1) is 22.2. The number of aromatic nitrogens is 1. The Morgan fingerprint density at radius 3 is 2.47 bits per heavy atom. The molecule has 1 aromatic heterocycles. The third kappa shape index (κ3) is 7.68. The number of benzene rings is 1. The molecule has 0 unspecified atom stereocenters. The number of nitrogens with one attached hydrogen (secondary N) is 1. The highest BCUT2D eigenvalue weighted by molar-refractivity contribution is 7.81. The zero-order chi connectivity index (χ0) is 34.1. The van der Waals surface area contributed by atoms with E-state index in [0.717, 1.165) is 16.7 Å². The van der Waals surface area contributed by atoms with Crippen LogP contribution in [0.25, 0.3) is 0 Å². The number of ether oxygens (including phenoxy) is 4. The molecule has 2 aliphatic heterocycles. The first-order valence-corrected chi connectivity index (χ1v) is 16.5. The number of hydrogen-bond donors (Lipinski definition) is 5. The van der Waals surface area contributed by atoms with Crippen LogP contribution in [0.15, 0.2) is 48.7 Å². The van der Waals surface area contributed by atoms with Crippen molar-refractivity contribution in [2.45, 2.75) is 94.4 Å². The largest absolute Gasteiger partial charge is 0.446 e. The van der Waals surface area contributed by atoms with Gasteiger partial charge in [0.1, 0.15) is 18.8 Å². The van der Waals surface area contributed by atoms with E-state index >= 15 is 0 Å². The fourth-order valence-electron chi connectivity index (χ4n) is 6.37. The Morgan fingerprint density at radius 1 is 1.11 bits per heavy atom. The van der Waals surface area contributed by atoms with E-state index < -0.39 is 83.0 Å². The summed E-state index contributed by atoms with van der Waals surface area (Å²) in [6.07, 6.45) is -6.57. The third-order valence-corrected chi connectivity index (χ3v) is 9.08. The molecule has 1 saturated carbocycles. The number of carbonyl (C=O) groups excluding carboxylic acids is 2. The molecule has 16 nitrogen and oxygen atoms in total. The smallest absolute Gasteiger partial charge is 0.445 e. The zero-order valence-electron chi connectivity index (χ0n) is 25.9. The fourth-order valence-corrected chi connectivity index (χ4v) is 6.71. The van der Waals surface area contributed by atoms with Gasteiger partial charge >= 0.3 is 16.5 Å². The summed E-state index contributed by atoms with van der Waals surface area (Å²) in [6.45, 7) is 3.45. The van der Waals surface area contributed by atoms with Crippen LogP contribution in [0.2, 0.25) is 0 Å². The van der Waals surface area contributed by atoms with Gasteiger partial charge in [0.25, 0.3) is 0 Å². The number of fused-ring (bicyclic) bond motifs is 2. The van der Waals surface area contributed by atoms with Crippen molar-refractivity contribution in [2.24, 2.45) is 5.92 Å². The summed E-state index contributed by atoms with van der Waals surface area (Å²) in [7, 11) is -3.33. The number of aliphatic hydroxyl groups is 3. The van der Waals surface area contributed by atoms with E-state index in [1.807, 2.05) is 6.07 Å². The highest BCUT2D eigenvalue weighted by Crippen LogP contribution is 2.44. The van der Waals surface area contributed by atoms with Gasteiger partial charge in [-0.2, -0.15) is 8.42 Å². The molecule has 3 fully saturated rings. The Morgan fingerprint density at radius 2 is 1.83 bits per heavy atom. The van der Waals surface area contributed by atoms with Crippen LogP contribution in [-0.2, 0) is 47.2 Å². The molecule has 0 radical (unpaired) electrons. The van der Waals surface area contributed by atoms with Crippen molar-refractivity contribution >= 4 is 22.4 Å². The Labute approximate surface area is 271 Å². The predicted molar refractivity (Wildman–Crippen MR) is 160 cm³/mol. The van der Waals surface area contributed by atoms with Gasteiger partial charge in [-0.3, -0.25) is 14.3 Å². The lowest BCUT2D eigenvalue weighted by Crippen LogP contribution is -2.77. The zero-order valence-corrected chi connectivity index (χ0v) is 26.7. The summed E-state index contributed by atoms with van der Waals surface area (Å²) in [5.41, 5.74) is 0.965. The third-order valence-electron chi connectivity index (χ3n) is 8.68. The highest BCUT2D eigenvalue weighted by atomic mass is 32.3. The lowest BCUT2D eigenvalue weighted by Gasteiger charge is -2.58. The second-order valence-electron chi connectivity index (χ2n) is 11.9. The molecular formula is C30H39N3O13S. The van der Waals surface area contributed by atoms with Gasteiger partial charge in [-0.15, -0.1) is 0 Å². The highest BCUT2D eigenvalue weighted by Gasteiger charge is 2.64. The first-order valence-electron chi connectivity index (χ1n) is 15.1. The molecule has 5 rings (SSSR count). The number of nitrogens with zero attached hydrogens (tertiary/aromatic N) is 2. The quantitative estimate of drug-likeness (QED) is 0.225. The van der Waals surface area contributed by atoms with Crippen molar-refractivity contribution in [2.75, 3.05) is 7.05 Å². The maximum atomic E-state index is 13.2. The minimum atomic E-state index is -4.75. The Bertz CT molecular complexity index is 1510. The molecule has 0 bridgehead atoms. The molecule has 2 saturated heterocycles. The number of rotatable bonds is 9. The molecule has 3 heterocycles. The van der Waals surface area contributed by atoms with Gasteiger partial charge in [0.2, 0.25) is 18.0 Å². The van der Waals surface area contributed by atoms with E-state index in [2.05, 4.69) is 14.5 Å². The van der Waals surface area contributed by atoms with Crippen LogP contribution in [0.5, 0.6) is 5.75 Å². The van der Waals surface area contributed by atoms with Gasteiger partial charge in [0.05, 0.1) is 43.0 Å². The van der Waals surface area contributed by atoms with Gasteiger partial charge < -0.3 is 48.7 Å². The van der Waals surface area contributed by atoms with E-state index in [4.69, 9.17) is 23.5 Å². The number of hydrogen-bond acceptors (Lipinski definition) is 13. The monoisotopic (exact) mass is 681 g/mol. The van der Waals surface area contributed by atoms with Crippen molar-refractivity contribution in [3.8, 4) is 5.75 Å². The average molecular weight is 682 g/mol. The minimum absolute atomic E-state index is 0.0326. The predicted octanol–water partition coefficient (Wildman–Crippen LogP) is 0.297. The maximum absolute atomic E-state index is 13.2.